The van der Waals surface area contributed by atoms with Gasteiger partial charge in [-0.05, 0) is 23.8 Å². The molecule has 0 spiro atoms. The van der Waals surface area contributed by atoms with Crippen LogP contribution in [0, 0.1) is 10.1 Å². The second-order valence-corrected chi connectivity index (χ2v) is 7.35. The van der Waals surface area contributed by atoms with Gasteiger partial charge in [-0.3, -0.25) is 19.9 Å². The van der Waals surface area contributed by atoms with Crippen molar-refractivity contribution in [1.82, 2.24) is 0 Å². The molecule has 4 rings (SSSR count). The number of likely N-dealkylation sites (N-methyl/N-ethyl adjacent to an activating group) is 1. The summed E-state index contributed by atoms with van der Waals surface area (Å²) in [6.07, 6.45) is -0.449. The van der Waals surface area contributed by atoms with Crippen molar-refractivity contribution in [3.05, 3.63) is 99.6 Å². The van der Waals surface area contributed by atoms with Crippen LogP contribution in [0.2, 0.25) is 0 Å². The predicted molar refractivity (Wildman–Crippen MR) is 129 cm³/mol. The van der Waals surface area contributed by atoms with Crippen LogP contribution in [0.25, 0.3) is 0 Å². The Balaban J connectivity index is 0.00000306. The number of nitrogens with zero attached hydrogens (tertiary/aromatic N) is 3. The third-order valence-corrected chi connectivity index (χ3v) is 5.31. The van der Waals surface area contributed by atoms with Gasteiger partial charge in [0, 0.05) is 36.7 Å². The van der Waals surface area contributed by atoms with Gasteiger partial charge >= 0.3 is 0 Å². The molecule has 1 aliphatic heterocycles. The van der Waals surface area contributed by atoms with E-state index in [2.05, 4.69) is 4.99 Å². The van der Waals surface area contributed by atoms with Crippen LogP contribution in [0.15, 0.2) is 77.8 Å². The Morgan fingerprint density at radius 1 is 1.06 bits per heavy atom. The topological polar surface area (TPSA) is 111 Å². The van der Waals surface area contributed by atoms with E-state index in [1.165, 1.54) is 12.1 Å². The first kappa shape index (κ1) is 23.9. The van der Waals surface area contributed by atoms with E-state index in [0.29, 0.717) is 24.5 Å². The Morgan fingerprint density at radius 3 is 2.42 bits per heavy atom. The summed E-state index contributed by atoms with van der Waals surface area (Å²) in [5.74, 6) is 0.264. The summed E-state index contributed by atoms with van der Waals surface area (Å²) < 4.78 is 5.81. The summed E-state index contributed by atoms with van der Waals surface area (Å²) in [6, 6.07) is 21.3. The molecule has 170 valence electrons. The molecule has 1 aliphatic rings. The van der Waals surface area contributed by atoms with Gasteiger partial charge in [-0.15, -0.1) is 12.4 Å². The Hall–Kier alpha value is -3.75. The number of amides is 1. The molecule has 3 aromatic carbocycles. The van der Waals surface area contributed by atoms with Crippen molar-refractivity contribution in [3.8, 4) is 5.75 Å². The lowest BCUT2D eigenvalue weighted by Crippen LogP contribution is -2.39. The quantitative estimate of drug-likeness (QED) is 0.439. The summed E-state index contributed by atoms with van der Waals surface area (Å²) >= 11 is 0. The van der Waals surface area contributed by atoms with E-state index in [1.807, 2.05) is 48.5 Å². The third-order valence-electron chi connectivity index (χ3n) is 5.31. The monoisotopic (exact) mass is 466 g/mol. The highest BCUT2D eigenvalue weighted by atomic mass is 35.5. The number of ether oxygens (including phenoxy) is 1. The number of halogens is 1. The van der Waals surface area contributed by atoms with Crippen LogP contribution in [-0.2, 0) is 11.2 Å². The molecule has 1 heterocycles. The lowest BCUT2D eigenvalue weighted by Gasteiger charge is -2.21. The molecule has 33 heavy (non-hydrogen) atoms. The molecular weight excluding hydrogens is 444 g/mol. The number of nitro benzene ring substituents is 1. The van der Waals surface area contributed by atoms with E-state index < -0.39 is 11.1 Å². The Bertz CT molecular complexity index is 1180. The Morgan fingerprint density at radius 2 is 1.76 bits per heavy atom. The SMILES string of the molecule is CN1C(=O)C(N)N=C(c2ccccc2)c2c(CCOc3ccc([N+](=O)[O-])cc3)cccc21.Cl. The van der Waals surface area contributed by atoms with Crippen molar-refractivity contribution >= 4 is 35.4 Å². The highest BCUT2D eigenvalue weighted by Crippen LogP contribution is 2.30. The zero-order valence-electron chi connectivity index (χ0n) is 17.9. The summed E-state index contributed by atoms with van der Waals surface area (Å²) in [5.41, 5.74) is 10.2. The standard InChI is InChI=1S/C24H22N4O4.ClH/c1-27-20-9-5-8-16(14-15-32-19-12-10-18(11-13-19)28(30)31)21(20)22(26-23(25)24(27)29)17-6-3-2-4-7-17;/h2-13,23H,14-15,25H2,1H3;1H. The summed E-state index contributed by atoms with van der Waals surface area (Å²) in [6.45, 7) is 0.347. The van der Waals surface area contributed by atoms with Gasteiger partial charge in [0.15, 0.2) is 6.17 Å². The first-order valence-electron chi connectivity index (χ1n) is 10.1. The minimum absolute atomic E-state index is 0. The van der Waals surface area contributed by atoms with Crippen molar-refractivity contribution in [2.75, 3.05) is 18.6 Å². The fraction of sp³-hybridized carbons (Fsp3) is 0.167. The molecule has 3 aromatic rings. The molecule has 0 saturated carbocycles. The number of carbonyl (C=O) groups is 1. The number of hydrogen-bond donors (Lipinski definition) is 1. The number of aliphatic imine (C=N–C) groups is 1. The highest BCUT2D eigenvalue weighted by Gasteiger charge is 2.29. The smallest absolute Gasteiger partial charge is 0.269 e. The summed E-state index contributed by atoms with van der Waals surface area (Å²) in [7, 11) is 1.70. The second-order valence-electron chi connectivity index (χ2n) is 7.35. The average Bonchev–Trinajstić information content (AvgIpc) is 2.91. The number of anilines is 1. The van der Waals surface area contributed by atoms with Gasteiger partial charge in [-0.25, -0.2) is 0 Å². The van der Waals surface area contributed by atoms with Crippen LogP contribution in [0.1, 0.15) is 16.7 Å². The van der Waals surface area contributed by atoms with Crippen molar-refractivity contribution in [3.63, 3.8) is 0 Å². The molecule has 1 amide bonds. The average molecular weight is 467 g/mol. The number of rotatable bonds is 6. The number of nitro groups is 1. The molecule has 0 bridgehead atoms. The van der Waals surface area contributed by atoms with E-state index in [4.69, 9.17) is 10.5 Å². The van der Waals surface area contributed by atoms with Crippen LogP contribution in [0.5, 0.6) is 5.75 Å². The van der Waals surface area contributed by atoms with Crippen LogP contribution in [0.3, 0.4) is 0 Å². The molecule has 0 aromatic heterocycles. The van der Waals surface area contributed by atoms with Gasteiger partial charge in [0.25, 0.3) is 11.6 Å². The van der Waals surface area contributed by atoms with Crippen LogP contribution in [-0.4, -0.2) is 36.4 Å². The number of hydrogen-bond acceptors (Lipinski definition) is 6. The molecule has 1 atom stereocenters. The number of fused-ring (bicyclic) bond motifs is 1. The number of carbonyl (C=O) groups excluding carboxylic acids is 1. The first-order valence-corrected chi connectivity index (χ1v) is 10.1. The first-order chi connectivity index (χ1) is 15.5. The van der Waals surface area contributed by atoms with E-state index >= 15 is 0 Å². The molecule has 1 unspecified atom stereocenters. The van der Waals surface area contributed by atoms with Gasteiger partial charge in [0.2, 0.25) is 0 Å². The van der Waals surface area contributed by atoms with Crippen molar-refractivity contribution in [1.29, 1.82) is 0 Å². The molecule has 0 saturated heterocycles. The van der Waals surface area contributed by atoms with Crippen molar-refractivity contribution < 1.29 is 14.5 Å². The normalized spacial score (nSPS) is 15.1. The van der Waals surface area contributed by atoms with Gasteiger partial charge in [-0.2, -0.15) is 0 Å². The predicted octanol–water partition coefficient (Wildman–Crippen LogP) is 3.74. The zero-order chi connectivity index (χ0) is 22.7. The second kappa shape index (κ2) is 10.2. The van der Waals surface area contributed by atoms with Gasteiger partial charge in [-0.1, -0.05) is 42.5 Å². The van der Waals surface area contributed by atoms with E-state index in [0.717, 1.165) is 22.4 Å². The molecule has 0 radical (unpaired) electrons. The maximum atomic E-state index is 12.7. The Labute approximate surface area is 197 Å². The van der Waals surface area contributed by atoms with E-state index in [1.54, 1.807) is 24.1 Å². The number of benzodiazepines with no additional fused rings is 1. The number of benzene rings is 3. The molecule has 0 fully saturated rings. The lowest BCUT2D eigenvalue weighted by molar-refractivity contribution is -0.384. The van der Waals surface area contributed by atoms with E-state index in [-0.39, 0.29) is 24.0 Å². The van der Waals surface area contributed by atoms with Crippen LogP contribution >= 0.6 is 12.4 Å². The maximum absolute atomic E-state index is 12.7. The summed E-state index contributed by atoms with van der Waals surface area (Å²) in [5, 5.41) is 10.8. The zero-order valence-corrected chi connectivity index (χ0v) is 18.7. The largest absolute Gasteiger partial charge is 0.493 e. The number of nitrogens with two attached hydrogens (primary N) is 1. The lowest BCUT2D eigenvalue weighted by atomic mass is 9.94. The number of non-ortho nitro benzene ring substituents is 1. The fourth-order valence-electron chi connectivity index (χ4n) is 3.68. The van der Waals surface area contributed by atoms with Crippen LogP contribution in [0.4, 0.5) is 11.4 Å². The molecule has 2 N–H and O–H groups in total. The van der Waals surface area contributed by atoms with Crippen molar-refractivity contribution in [2.24, 2.45) is 10.7 Å². The molecular formula is C24H23ClN4O4. The van der Waals surface area contributed by atoms with E-state index in [9.17, 15) is 14.9 Å². The minimum atomic E-state index is -0.994. The molecule has 9 heteroatoms. The minimum Gasteiger partial charge on any atom is -0.493 e. The molecule has 8 nitrogen and oxygen atoms in total. The fourth-order valence-corrected chi connectivity index (χ4v) is 3.68. The summed E-state index contributed by atoms with van der Waals surface area (Å²) in [4.78, 5) is 29.2. The van der Waals surface area contributed by atoms with Gasteiger partial charge in [0.1, 0.15) is 5.75 Å². The molecule has 0 aliphatic carbocycles. The van der Waals surface area contributed by atoms with Gasteiger partial charge in [0.05, 0.1) is 22.9 Å². The van der Waals surface area contributed by atoms with Crippen molar-refractivity contribution in [2.45, 2.75) is 12.6 Å². The van der Waals surface area contributed by atoms with Crippen LogP contribution < -0.4 is 15.4 Å². The Kier molecular flexibility index (Phi) is 7.42. The highest BCUT2D eigenvalue weighted by molar-refractivity contribution is 6.20. The third kappa shape index (κ3) is 5.02. The van der Waals surface area contributed by atoms with Gasteiger partial charge < -0.3 is 15.4 Å². The maximum Gasteiger partial charge on any atom is 0.269 e.